The topological polar surface area (TPSA) is 17.8 Å². The predicted octanol–water partition coefficient (Wildman–Crippen LogP) is 2.04. The van der Waals surface area contributed by atoms with Crippen molar-refractivity contribution in [3.05, 3.63) is 35.0 Å². The summed E-state index contributed by atoms with van der Waals surface area (Å²) < 4.78 is 2.03. The molecule has 0 atom stereocenters. The molecule has 0 bridgehead atoms. The molecule has 3 heteroatoms. The van der Waals surface area contributed by atoms with Gasteiger partial charge in [0.05, 0.1) is 5.69 Å². The molecule has 11 heavy (non-hydrogen) atoms. The van der Waals surface area contributed by atoms with E-state index in [1.807, 2.05) is 23.8 Å². The van der Waals surface area contributed by atoms with Crippen LogP contribution in [0.5, 0.6) is 0 Å². The first kappa shape index (κ1) is 6.61. The number of imidazole rings is 1. The van der Waals surface area contributed by atoms with Crippen molar-refractivity contribution in [2.24, 2.45) is 0 Å². The van der Waals surface area contributed by atoms with Gasteiger partial charge >= 0.3 is 0 Å². The van der Waals surface area contributed by atoms with E-state index in [9.17, 15) is 0 Å². The zero-order chi connectivity index (χ0) is 7.68. The minimum absolute atomic E-state index is 1.01. The van der Waals surface area contributed by atoms with Crippen LogP contribution in [0.15, 0.2) is 23.8 Å². The van der Waals surface area contributed by atoms with Gasteiger partial charge in [-0.25, -0.2) is 4.98 Å². The van der Waals surface area contributed by atoms with E-state index in [-0.39, 0.29) is 0 Å². The summed E-state index contributed by atoms with van der Waals surface area (Å²) in [5.74, 6) is 1.01. The van der Waals surface area contributed by atoms with Gasteiger partial charge < -0.3 is 4.57 Å². The van der Waals surface area contributed by atoms with Crippen LogP contribution in [0, 0.1) is 12.3 Å². The van der Waals surface area contributed by atoms with E-state index < -0.39 is 0 Å². The van der Waals surface area contributed by atoms with Crippen LogP contribution >= 0.6 is 11.3 Å². The van der Waals surface area contributed by atoms with Crippen LogP contribution in [-0.2, 0) is 0 Å². The first-order chi connectivity index (χ1) is 5.38. The number of hydrogen-bond acceptors (Lipinski definition) is 2. The first-order valence-corrected chi connectivity index (χ1v) is 4.21. The normalized spacial score (nSPS) is 10.3. The summed E-state index contributed by atoms with van der Waals surface area (Å²) in [6.07, 6.45) is 3.75. The Kier molecular flexibility index (Phi) is 1.51. The summed E-state index contributed by atoms with van der Waals surface area (Å²) in [6, 6.07) is 1.96. The number of hydrogen-bond donors (Lipinski definition) is 0. The molecule has 1 radical (unpaired) electrons. The van der Waals surface area contributed by atoms with Gasteiger partial charge in [-0.05, 0) is 13.0 Å². The average Bonchev–Trinajstić information content (AvgIpc) is 2.55. The van der Waals surface area contributed by atoms with E-state index in [0.717, 1.165) is 11.5 Å². The monoisotopic (exact) mass is 163 g/mol. The van der Waals surface area contributed by atoms with Crippen LogP contribution in [-0.4, -0.2) is 9.55 Å². The minimum Gasteiger partial charge on any atom is -0.303 e. The molecule has 2 rings (SSSR count). The van der Waals surface area contributed by atoms with Crippen molar-refractivity contribution in [2.45, 2.75) is 6.92 Å². The van der Waals surface area contributed by atoms with Gasteiger partial charge in [0.25, 0.3) is 0 Å². The number of aromatic nitrogens is 2. The molecule has 0 aromatic carbocycles. The molecule has 2 heterocycles. The highest BCUT2D eigenvalue weighted by Gasteiger charge is 1.98. The standard InChI is InChI=1S/C8H7N2S/c1-7-9-3-4-10(7)8-2-5-11-6-8/h2-4,6H,1H3. The van der Waals surface area contributed by atoms with Crippen molar-refractivity contribution in [3.8, 4) is 5.69 Å². The highest BCUT2D eigenvalue weighted by molar-refractivity contribution is 7.07. The zero-order valence-corrected chi connectivity index (χ0v) is 6.93. The van der Waals surface area contributed by atoms with Crippen LogP contribution in [0.2, 0.25) is 0 Å². The Bertz CT molecular complexity index is 335. The lowest BCUT2D eigenvalue weighted by Gasteiger charge is -1.98. The zero-order valence-electron chi connectivity index (χ0n) is 6.11. The van der Waals surface area contributed by atoms with Crippen molar-refractivity contribution in [3.63, 3.8) is 0 Å². The Morgan fingerprint density at radius 1 is 1.64 bits per heavy atom. The minimum atomic E-state index is 1.01. The third kappa shape index (κ3) is 1.07. The molecule has 0 amide bonds. The van der Waals surface area contributed by atoms with Gasteiger partial charge in [-0.2, -0.15) is 0 Å². The second-order valence-electron chi connectivity index (χ2n) is 2.27. The van der Waals surface area contributed by atoms with E-state index in [4.69, 9.17) is 0 Å². The maximum atomic E-state index is 4.13. The Labute approximate surface area is 69.1 Å². The van der Waals surface area contributed by atoms with E-state index in [0.29, 0.717) is 0 Å². The van der Waals surface area contributed by atoms with Gasteiger partial charge in [0.1, 0.15) is 5.82 Å². The van der Waals surface area contributed by atoms with Crippen LogP contribution < -0.4 is 0 Å². The molecule has 0 aliphatic rings. The highest BCUT2D eigenvalue weighted by Crippen LogP contribution is 2.12. The average molecular weight is 163 g/mol. The Hall–Kier alpha value is -1.09. The van der Waals surface area contributed by atoms with Gasteiger partial charge in [-0.1, -0.05) is 0 Å². The molecule has 2 aromatic heterocycles. The molecular formula is C8H7N2S. The number of thiophene rings is 1. The lowest BCUT2D eigenvalue weighted by molar-refractivity contribution is 0.980. The fraction of sp³-hybridized carbons (Fsp3) is 0.125. The maximum absolute atomic E-state index is 4.13. The molecular weight excluding hydrogens is 156 g/mol. The molecule has 0 aliphatic carbocycles. The van der Waals surface area contributed by atoms with Crippen LogP contribution in [0.25, 0.3) is 5.69 Å². The lowest BCUT2D eigenvalue weighted by Crippen LogP contribution is -1.91. The fourth-order valence-corrected chi connectivity index (χ4v) is 1.56. The quantitative estimate of drug-likeness (QED) is 0.629. The van der Waals surface area contributed by atoms with Crippen LogP contribution in [0.3, 0.4) is 0 Å². The maximum Gasteiger partial charge on any atom is 0.110 e. The number of nitrogens with zero attached hydrogens (tertiary/aromatic N) is 2. The molecule has 0 fully saturated rings. The third-order valence-corrected chi connectivity index (χ3v) is 2.17. The molecule has 0 unspecified atom stereocenters. The lowest BCUT2D eigenvalue weighted by atomic mass is 10.5. The number of aryl methyl sites for hydroxylation is 1. The van der Waals surface area contributed by atoms with Gasteiger partial charge in [-0.15, -0.1) is 11.3 Å². The van der Waals surface area contributed by atoms with Crippen molar-refractivity contribution in [1.82, 2.24) is 9.55 Å². The summed E-state index contributed by atoms with van der Waals surface area (Å²) in [6.45, 7) is 1.98. The predicted molar refractivity (Wildman–Crippen MR) is 45.0 cm³/mol. The fourth-order valence-electron chi connectivity index (χ4n) is 1.000. The van der Waals surface area contributed by atoms with Crippen molar-refractivity contribution in [1.29, 1.82) is 0 Å². The summed E-state index contributed by atoms with van der Waals surface area (Å²) in [5, 5.41) is 5.09. The Morgan fingerprint density at radius 3 is 3.09 bits per heavy atom. The summed E-state index contributed by atoms with van der Waals surface area (Å²) in [7, 11) is 0. The first-order valence-electron chi connectivity index (χ1n) is 3.33. The number of rotatable bonds is 1. The molecule has 2 nitrogen and oxygen atoms in total. The molecule has 0 aliphatic heterocycles. The SMILES string of the molecule is Cc1nccn1-c1c[c]sc1. The Balaban J connectivity index is 2.53. The largest absolute Gasteiger partial charge is 0.303 e. The van der Waals surface area contributed by atoms with Gasteiger partial charge in [0.2, 0.25) is 0 Å². The second kappa shape index (κ2) is 2.51. The molecule has 0 N–H and O–H groups in total. The molecule has 0 saturated heterocycles. The van der Waals surface area contributed by atoms with Crippen LogP contribution in [0.4, 0.5) is 0 Å². The van der Waals surface area contributed by atoms with E-state index in [2.05, 4.69) is 15.7 Å². The summed E-state index contributed by atoms with van der Waals surface area (Å²) >= 11 is 1.57. The van der Waals surface area contributed by atoms with Crippen molar-refractivity contribution in [2.75, 3.05) is 0 Å². The Morgan fingerprint density at radius 2 is 2.55 bits per heavy atom. The smallest absolute Gasteiger partial charge is 0.110 e. The van der Waals surface area contributed by atoms with E-state index in [1.54, 1.807) is 17.5 Å². The van der Waals surface area contributed by atoms with E-state index in [1.165, 1.54) is 0 Å². The van der Waals surface area contributed by atoms with E-state index >= 15 is 0 Å². The van der Waals surface area contributed by atoms with Crippen molar-refractivity contribution < 1.29 is 0 Å². The molecule has 0 spiro atoms. The second-order valence-corrected chi connectivity index (χ2v) is 2.97. The molecule has 2 aromatic rings. The highest BCUT2D eigenvalue weighted by atomic mass is 32.1. The van der Waals surface area contributed by atoms with Gasteiger partial charge in [0.15, 0.2) is 0 Å². The van der Waals surface area contributed by atoms with Crippen LogP contribution in [0.1, 0.15) is 5.82 Å². The molecule has 0 saturated carbocycles. The summed E-state index contributed by atoms with van der Waals surface area (Å²) in [5.41, 5.74) is 1.14. The third-order valence-electron chi connectivity index (χ3n) is 1.56. The van der Waals surface area contributed by atoms with Gasteiger partial charge in [-0.3, -0.25) is 0 Å². The molecule has 55 valence electrons. The summed E-state index contributed by atoms with van der Waals surface area (Å²) in [4.78, 5) is 4.13. The van der Waals surface area contributed by atoms with Crippen molar-refractivity contribution >= 4 is 11.3 Å². The van der Waals surface area contributed by atoms with Gasteiger partial charge in [0, 0.05) is 23.2 Å².